The first-order valence-corrected chi connectivity index (χ1v) is 8.16. The summed E-state index contributed by atoms with van der Waals surface area (Å²) in [5.74, 6) is 2.40. The minimum absolute atomic E-state index is 0.593. The lowest BCUT2D eigenvalue weighted by molar-refractivity contribution is 0.414. The zero-order valence-corrected chi connectivity index (χ0v) is 13.5. The van der Waals surface area contributed by atoms with Crippen molar-refractivity contribution in [1.82, 2.24) is 15.2 Å². The van der Waals surface area contributed by atoms with Gasteiger partial charge in [0.25, 0.3) is 0 Å². The van der Waals surface area contributed by atoms with Gasteiger partial charge in [-0.25, -0.2) is 0 Å². The molecule has 1 saturated heterocycles. The first kappa shape index (κ1) is 15.5. The highest BCUT2D eigenvalue weighted by Crippen LogP contribution is 2.17. The minimum Gasteiger partial charge on any atom is -0.497 e. The third-order valence-corrected chi connectivity index (χ3v) is 4.06. The van der Waals surface area contributed by atoms with Crippen LogP contribution in [0.4, 0.5) is 11.8 Å². The van der Waals surface area contributed by atoms with Crippen molar-refractivity contribution in [3.8, 4) is 5.75 Å². The van der Waals surface area contributed by atoms with Gasteiger partial charge in [-0.3, -0.25) is 0 Å². The molecular weight excluding hydrogens is 290 g/mol. The van der Waals surface area contributed by atoms with Gasteiger partial charge in [-0.2, -0.15) is 10.1 Å². The van der Waals surface area contributed by atoms with Crippen molar-refractivity contribution in [3.05, 3.63) is 36.0 Å². The number of benzene rings is 1. The molecule has 6 nitrogen and oxygen atoms in total. The van der Waals surface area contributed by atoms with Crippen molar-refractivity contribution in [2.24, 2.45) is 0 Å². The van der Waals surface area contributed by atoms with E-state index in [0.29, 0.717) is 5.95 Å². The Morgan fingerprint density at radius 3 is 2.91 bits per heavy atom. The van der Waals surface area contributed by atoms with Gasteiger partial charge in [-0.1, -0.05) is 12.1 Å². The van der Waals surface area contributed by atoms with Gasteiger partial charge in [0.05, 0.1) is 13.3 Å². The first-order valence-electron chi connectivity index (χ1n) is 8.16. The molecule has 0 bridgehead atoms. The summed E-state index contributed by atoms with van der Waals surface area (Å²) in [6.07, 6.45) is 6.39. The number of ether oxygens (including phenoxy) is 1. The molecule has 2 aromatic rings. The summed E-state index contributed by atoms with van der Waals surface area (Å²) >= 11 is 0. The number of rotatable bonds is 6. The van der Waals surface area contributed by atoms with Crippen LogP contribution < -0.4 is 15.0 Å². The molecule has 0 atom stereocenters. The van der Waals surface area contributed by atoms with E-state index < -0.39 is 0 Å². The van der Waals surface area contributed by atoms with Crippen molar-refractivity contribution in [2.75, 3.05) is 37.0 Å². The van der Waals surface area contributed by atoms with Crippen LogP contribution in [0.5, 0.6) is 5.75 Å². The molecule has 1 aliphatic heterocycles. The quantitative estimate of drug-likeness (QED) is 0.884. The third-order valence-electron chi connectivity index (χ3n) is 4.06. The highest BCUT2D eigenvalue weighted by atomic mass is 16.5. The third kappa shape index (κ3) is 4.31. The van der Waals surface area contributed by atoms with Crippen LogP contribution in [0.2, 0.25) is 0 Å². The molecule has 0 amide bonds. The Bertz CT molecular complexity index is 628. The van der Waals surface area contributed by atoms with Gasteiger partial charge in [-0.05, 0) is 43.4 Å². The monoisotopic (exact) mass is 313 g/mol. The van der Waals surface area contributed by atoms with Gasteiger partial charge >= 0.3 is 0 Å². The average molecular weight is 313 g/mol. The smallest absolute Gasteiger partial charge is 0.244 e. The molecular formula is C17H23N5O. The highest BCUT2D eigenvalue weighted by Gasteiger charge is 2.13. The number of piperidine rings is 1. The van der Waals surface area contributed by atoms with Crippen LogP contribution in [0.25, 0.3) is 0 Å². The number of methoxy groups -OCH3 is 1. The summed E-state index contributed by atoms with van der Waals surface area (Å²) in [4.78, 5) is 6.86. The maximum Gasteiger partial charge on any atom is 0.244 e. The van der Waals surface area contributed by atoms with E-state index in [1.165, 1.54) is 24.8 Å². The van der Waals surface area contributed by atoms with Crippen molar-refractivity contribution >= 4 is 11.8 Å². The second-order valence-electron chi connectivity index (χ2n) is 5.71. The van der Waals surface area contributed by atoms with E-state index in [2.05, 4.69) is 31.5 Å². The minimum atomic E-state index is 0.593. The predicted octanol–water partition coefficient (Wildman–Crippen LogP) is 2.53. The number of anilines is 2. The maximum absolute atomic E-state index is 5.24. The van der Waals surface area contributed by atoms with Crippen LogP contribution in [0.15, 0.2) is 30.5 Å². The van der Waals surface area contributed by atoms with Crippen LogP contribution in [0, 0.1) is 0 Å². The van der Waals surface area contributed by atoms with E-state index in [9.17, 15) is 0 Å². The van der Waals surface area contributed by atoms with Crippen LogP contribution in [0.1, 0.15) is 24.8 Å². The second-order valence-corrected chi connectivity index (χ2v) is 5.71. The second kappa shape index (κ2) is 7.76. The number of nitrogens with one attached hydrogen (secondary N) is 1. The van der Waals surface area contributed by atoms with Crippen LogP contribution in [-0.2, 0) is 6.42 Å². The lowest BCUT2D eigenvalue weighted by Gasteiger charge is -2.27. The highest BCUT2D eigenvalue weighted by molar-refractivity contribution is 5.40. The normalized spacial score (nSPS) is 14.6. The van der Waals surface area contributed by atoms with Crippen molar-refractivity contribution in [2.45, 2.75) is 25.7 Å². The molecule has 1 fully saturated rings. The fraction of sp³-hybridized carbons (Fsp3) is 0.471. The molecule has 0 aliphatic carbocycles. The van der Waals surface area contributed by atoms with Gasteiger partial charge in [0.1, 0.15) is 5.75 Å². The Labute approximate surface area is 136 Å². The molecule has 0 saturated carbocycles. The van der Waals surface area contributed by atoms with Gasteiger partial charge in [0.2, 0.25) is 5.95 Å². The Balaban J connectivity index is 1.55. The van der Waals surface area contributed by atoms with Crippen LogP contribution in [0.3, 0.4) is 0 Å². The molecule has 0 unspecified atom stereocenters. The van der Waals surface area contributed by atoms with Gasteiger partial charge in [0.15, 0.2) is 5.82 Å². The predicted molar refractivity (Wildman–Crippen MR) is 91.1 cm³/mol. The SMILES string of the molecule is COc1cccc(CCNc2nncc(N3CCCCC3)n2)c1. The summed E-state index contributed by atoms with van der Waals surface area (Å²) in [6, 6.07) is 8.09. The van der Waals surface area contributed by atoms with Crippen molar-refractivity contribution in [1.29, 1.82) is 0 Å². The van der Waals surface area contributed by atoms with E-state index in [1.807, 2.05) is 18.2 Å². The fourth-order valence-electron chi connectivity index (χ4n) is 2.79. The summed E-state index contributed by atoms with van der Waals surface area (Å²) in [6.45, 7) is 2.88. The van der Waals surface area contributed by atoms with Crippen LogP contribution >= 0.6 is 0 Å². The largest absolute Gasteiger partial charge is 0.497 e. The zero-order valence-electron chi connectivity index (χ0n) is 13.5. The Morgan fingerprint density at radius 1 is 1.22 bits per heavy atom. The molecule has 1 aromatic carbocycles. The lowest BCUT2D eigenvalue weighted by atomic mass is 10.1. The number of aromatic nitrogens is 3. The van der Waals surface area contributed by atoms with Crippen molar-refractivity contribution in [3.63, 3.8) is 0 Å². The summed E-state index contributed by atoms with van der Waals surface area (Å²) in [5, 5.41) is 11.4. The average Bonchev–Trinajstić information content (AvgIpc) is 2.63. The topological polar surface area (TPSA) is 63.2 Å². The maximum atomic E-state index is 5.24. The van der Waals surface area contributed by atoms with E-state index in [-0.39, 0.29) is 0 Å². The molecule has 2 heterocycles. The summed E-state index contributed by atoms with van der Waals surface area (Å²) in [5.41, 5.74) is 1.22. The molecule has 0 spiro atoms. The van der Waals surface area contributed by atoms with Gasteiger partial charge in [-0.15, -0.1) is 5.10 Å². The molecule has 3 rings (SSSR count). The van der Waals surface area contributed by atoms with Crippen molar-refractivity contribution < 1.29 is 4.74 Å². The molecule has 1 aromatic heterocycles. The zero-order chi connectivity index (χ0) is 15.9. The molecule has 1 aliphatic rings. The Hall–Kier alpha value is -2.37. The fourth-order valence-corrected chi connectivity index (χ4v) is 2.79. The summed E-state index contributed by atoms with van der Waals surface area (Å²) in [7, 11) is 1.68. The number of hydrogen-bond donors (Lipinski definition) is 1. The van der Waals surface area contributed by atoms with E-state index in [0.717, 1.165) is 37.6 Å². The molecule has 1 N–H and O–H groups in total. The Morgan fingerprint density at radius 2 is 2.09 bits per heavy atom. The van der Waals surface area contributed by atoms with E-state index >= 15 is 0 Å². The number of nitrogens with zero attached hydrogens (tertiary/aromatic N) is 4. The number of hydrogen-bond acceptors (Lipinski definition) is 6. The molecule has 122 valence electrons. The lowest BCUT2D eigenvalue weighted by Crippen LogP contribution is -2.30. The molecule has 6 heteroatoms. The first-order chi connectivity index (χ1) is 11.3. The van der Waals surface area contributed by atoms with E-state index in [1.54, 1.807) is 13.3 Å². The molecule has 23 heavy (non-hydrogen) atoms. The standard InChI is InChI=1S/C17H23N5O/c1-23-15-7-5-6-14(12-15)8-9-18-17-20-16(13-19-21-17)22-10-3-2-4-11-22/h5-7,12-13H,2-4,8-11H2,1H3,(H,18,20,21). The van der Waals surface area contributed by atoms with E-state index in [4.69, 9.17) is 4.74 Å². The van der Waals surface area contributed by atoms with Crippen LogP contribution in [-0.4, -0.2) is 41.9 Å². The van der Waals surface area contributed by atoms with Gasteiger partial charge < -0.3 is 15.0 Å². The summed E-state index contributed by atoms with van der Waals surface area (Å²) < 4.78 is 5.24. The molecule has 0 radical (unpaired) electrons. The van der Waals surface area contributed by atoms with Gasteiger partial charge in [0, 0.05) is 19.6 Å². The Kier molecular flexibility index (Phi) is 5.24.